The molecule has 6 heteroatoms. The largest absolute Gasteiger partial charge is 0.452 e. The molecule has 0 bridgehead atoms. The Bertz CT molecular complexity index is 835. The molecule has 132 valence electrons. The number of carbonyl (C=O) groups excluding carboxylic acids is 2. The van der Waals surface area contributed by atoms with Crippen molar-refractivity contribution in [3.05, 3.63) is 46.2 Å². The number of para-hydroxylation sites is 1. The minimum Gasteiger partial charge on any atom is -0.452 e. The highest BCUT2D eigenvalue weighted by atomic mass is 16.5. The molecule has 1 fully saturated rings. The summed E-state index contributed by atoms with van der Waals surface area (Å²) in [6.07, 6.45) is 4.12. The average molecular weight is 342 g/mol. The third-order valence-electron chi connectivity index (χ3n) is 4.69. The lowest BCUT2D eigenvalue weighted by atomic mass is 9.87. The van der Waals surface area contributed by atoms with Gasteiger partial charge in [0.1, 0.15) is 0 Å². The number of esters is 1. The molecular formula is C19H22N2O4. The standard InChI is InChI=1S/C19H22N2O4/c1-12-6-8-13(9-7-12)20-18(23)11-25-19(24)15-10-17(22)21-16-5-3-2-4-14(15)16/h2-5,10,12-13H,6-9,11H2,1H3,(H,20,23)(H,21,22). The van der Waals surface area contributed by atoms with Gasteiger partial charge in [-0.3, -0.25) is 9.59 Å². The van der Waals surface area contributed by atoms with Gasteiger partial charge in [-0.1, -0.05) is 25.1 Å². The number of aromatic nitrogens is 1. The van der Waals surface area contributed by atoms with Gasteiger partial charge >= 0.3 is 5.97 Å². The van der Waals surface area contributed by atoms with Gasteiger partial charge < -0.3 is 15.0 Å². The summed E-state index contributed by atoms with van der Waals surface area (Å²) < 4.78 is 5.11. The van der Waals surface area contributed by atoms with Crippen LogP contribution in [0.25, 0.3) is 10.9 Å². The number of rotatable bonds is 4. The Labute approximate surface area is 145 Å². The van der Waals surface area contributed by atoms with E-state index in [1.165, 1.54) is 6.07 Å². The molecular weight excluding hydrogens is 320 g/mol. The minimum absolute atomic E-state index is 0.155. The van der Waals surface area contributed by atoms with E-state index in [1.807, 2.05) is 0 Å². The molecule has 1 heterocycles. The maximum atomic E-state index is 12.3. The maximum absolute atomic E-state index is 12.3. The SMILES string of the molecule is CC1CCC(NC(=O)COC(=O)c2cc(=O)[nH]c3ccccc23)CC1. The summed E-state index contributed by atoms with van der Waals surface area (Å²) in [6, 6.07) is 8.34. The first-order valence-electron chi connectivity index (χ1n) is 8.61. The average Bonchev–Trinajstić information content (AvgIpc) is 2.61. The normalized spacial score (nSPS) is 20.2. The summed E-state index contributed by atoms with van der Waals surface area (Å²) in [5, 5.41) is 3.50. The summed E-state index contributed by atoms with van der Waals surface area (Å²) in [5.74, 6) is -0.271. The topological polar surface area (TPSA) is 88.3 Å². The Morgan fingerprint density at radius 1 is 1.20 bits per heavy atom. The molecule has 0 spiro atoms. The van der Waals surface area contributed by atoms with Crippen molar-refractivity contribution in [1.82, 2.24) is 10.3 Å². The molecule has 1 aliphatic carbocycles. The van der Waals surface area contributed by atoms with Crippen LogP contribution in [-0.4, -0.2) is 29.5 Å². The highest BCUT2D eigenvalue weighted by Gasteiger charge is 2.21. The fourth-order valence-corrected chi connectivity index (χ4v) is 3.26. The number of carbonyl (C=O) groups is 2. The van der Waals surface area contributed by atoms with E-state index in [1.54, 1.807) is 24.3 Å². The highest BCUT2D eigenvalue weighted by Crippen LogP contribution is 2.23. The van der Waals surface area contributed by atoms with Gasteiger partial charge in [-0.2, -0.15) is 0 Å². The van der Waals surface area contributed by atoms with Gasteiger partial charge in [-0.05, 0) is 37.7 Å². The van der Waals surface area contributed by atoms with E-state index in [-0.39, 0.29) is 29.7 Å². The van der Waals surface area contributed by atoms with E-state index >= 15 is 0 Å². The van der Waals surface area contributed by atoms with E-state index in [0.29, 0.717) is 16.8 Å². The molecule has 0 unspecified atom stereocenters. The van der Waals surface area contributed by atoms with Gasteiger partial charge in [-0.25, -0.2) is 4.79 Å². The van der Waals surface area contributed by atoms with Gasteiger partial charge in [0.25, 0.3) is 5.91 Å². The fraction of sp³-hybridized carbons (Fsp3) is 0.421. The molecule has 1 aliphatic rings. The van der Waals surface area contributed by atoms with Crippen LogP contribution in [0, 0.1) is 5.92 Å². The van der Waals surface area contributed by atoms with Crippen molar-refractivity contribution < 1.29 is 14.3 Å². The molecule has 2 aromatic rings. The van der Waals surface area contributed by atoms with E-state index in [9.17, 15) is 14.4 Å². The van der Waals surface area contributed by atoms with Crippen LogP contribution in [0.4, 0.5) is 0 Å². The third-order valence-corrected chi connectivity index (χ3v) is 4.69. The zero-order valence-corrected chi connectivity index (χ0v) is 14.2. The van der Waals surface area contributed by atoms with Crippen molar-refractivity contribution in [2.24, 2.45) is 5.92 Å². The Balaban J connectivity index is 1.61. The first-order chi connectivity index (χ1) is 12.0. The van der Waals surface area contributed by atoms with Crippen LogP contribution < -0.4 is 10.9 Å². The van der Waals surface area contributed by atoms with Crippen molar-refractivity contribution in [3.63, 3.8) is 0 Å². The van der Waals surface area contributed by atoms with Crippen LogP contribution in [0.5, 0.6) is 0 Å². The number of benzene rings is 1. The molecule has 6 nitrogen and oxygen atoms in total. The van der Waals surface area contributed by atoms with Gasteiger partial charge in [-0.15, -0.1) is 0 Å². The molecule has 1 saturated carbocycles. The second-order valence-electron chi connectivity index (χ2n) is 6.69. The third kappa shape index (κ3) is 4.26. The molecule has 1 aromatic carbocycles. The predicted octanol–water partition coefficient (Wildman–Crippen LogP) is 2.38. The van der Waals surface area contributed by atoms with Crippen LogP contribution in [0.2, 0.25) is 0 Å². The lowest BCUT2D eigenvalue weighted by molar-refractivity contribution is -0.125. The van der Waals surface area contributed by atoms with Crippen LogP contribution in [0.3, 0.4) is 0 Å². The first-order valence-corrected chi connectivity index (χ1v) is 8.61. The molecule has 0 atom stereocenters. The van der Waals surface area contributed by atoms with E-state index in [0.717, 1.165) is 25.7 Å². The number of hydrogen-bond donors (Lipinski definition) is 2. The fourth-order valence-electron chi connectivity index (χ4n) is 3.26. The quantitative estimate of drug-likeness (QED) is 0.835. The number of aromatic amines is 1. The number of amides is 1. The summed E-state index contributed by atoms with van der Waals surface area (Å²) in [6.45, 7) is 1.87. The van der Waals surface area contributed by atoms with Crippen molar-refractivity contribution in [2.45, 2.75) is 38.6 Å². The van der Waals surface area contributed by atoms with Crippen LogP contribution in [0.1, 0.15) is 43.0 Å². The smallest absolute Gasteiger partial charge is 0.339 e. The van der Waals surface area contributed by atoms with E-state index < -0.39 is 5.97 Å². The van der Waals surface area contributed by atoms with Crippen molar-refractivity contribution in [3.8, 4) is 0 Å². The second-order valence-corrected chi connectivity index (χ2v) is 6.69. The Kier molecular flexibility index (Phi) is 5.16. The Morgan fingerprint density at radius 2 is 1.92 bits per heavy atom. The lowest BCUT2D eigenvalue weighted by Crippen LogP contribution is -2.39. The Morgan fingerprint density at radius 3 is 2.68 bits per heavy atom. The first kappa shape index (κ1) is 17.2. The predicted molar refractivity (Wildman–Crippen MR) is 94.4 cm³/mol. The number of ether oxygens (including phenoxy) is 1. The zero-order chi connectivity index (χ0) is 17.8. The van der Waals surface area contributed by atoms with Gasteiger partial charge in [0.05, 0.1) is 5.56 Å². The van der Waals surface area contributed by atoms with Crippen LogP contribution in [-0.2, 0) is 9.53 Å². The number of hydrogen-bond acceptors (Lipinski definition) is 4. The van der Waals surface area contributed by atoms with Crippen LogP contribution in [0.15, 0.2) is 35.1 Å². The minimum atomic E-state index is -0.672. The number of fused-ring (bicyclic) bond motifs is 1. The number of pyridine rings is 1. The monoisotopic (exact) mass is 342 g/mol. The molecule has 3 rings (SSSR count). The molecule has 1 aromatic heterocycles. The van der Waals surface area contributed by atoms with Crippen molar-refractivity contribution in [1.29, 1.82) is 0 Å². The van der Waals surface area contributed by atoms with Crippen molar-refractivity contribution in [2.75, 3.05) is 6.61 Å². The van der Waals surface area contributed by atoms with E-state index in [2.05, 4.69) is 17.2 Å². The van der Waals surface area contributed by atoms with Gasteiger partial charge in [0.2, 0.25) is 5.56 Å². The summed E-state index contributed by atoms with van der Waals surface area (Å²) in [7, 11) is 0. The molecule has 2 N–H and O–H groups in total. The molecule has 0 aliphatic heterocycles. The number of nitrogens with one attached hydrogen (secondary N) is 2. The molecule has 0 saturated heterocycles. The molecule has 0 radical (unpaired) electrons. The zero-order valence-electron chi connectivity index (χ0n) is 14.2. The summed E-state index contributed by atoms with van der Waals surface area (Å²) in [5.41, 5.74) is 0.341. The van der Waals surface area contributed by atoms with Crippen LogP contribution >= 0.6 is 0 Å². The number of H-pyrrole nitrogens is 1. The lowest BCUT2D eigenvalue weighted by Gasteiger charge is -2.26. The summed E-state index contributed by atoms with van der Waals surface area (Å²) in [4.78, 5) is 38.7. The Hall–Kier alpha value is -2.63. The van der Waals surface area contributed by atoms with E-state index in [4.69, 9.17) is 4.74 Å². The highest BCUT2D eigenvalue weighted by molar-refractivity contribution is 6.03. The van der Waals surface area contributed by atoms with Crippen molar-refractivity contribution >= 4 is 22.8 Å². The maximum Gasteiger partial charge on any atom is 0.339 e. The summed E-state index contributed by atoms with van der Waals surface area (Å²) >= 11 is 0. The van der Waals surface area contributed by atoms with Gasteiger partial charge in [0, 0.05) is 23.0 Å². The molecule has 1 amide bonds. The van der Waals surface area contributed by atoms with Gasteiger partial charge in [0.15, 0.2) is 6.61 Å². The second kappa shape index (κ2) is 7.51. The molecule has 25 heavy (non-hydrogen) atoms.